The number of nitriles is 1. The zero-order valence-electron chi connectivity index (χ0n) is 13.3. The van der Waals surface area contributed by atoms with E-state index in [1.54, 1.807) is 10.6 Å². The fraction of sp³-hybridized carbons (Fsp3) is 0.222. The lowest BCUT2D eigenvalue weighted by atomic mass is 9.84. The molecule has 1 aromatic heterocycles. The Kier molecular flexibility index (Phi) is 4.20. The molecule has 24 heavy (non-hydrogen) atoms. The lowest BCUT2D eigenvalue weighted by Gasteiger charge is -2.27. The number of nitrogens with zero attached hydrogens (tertiary/aromatic N) is 2. The highest BCUT2D eigenvalue weighted by atomic mass is 79.9. The van der Waals surface area contributed by atoms with Gasteiger partial charge in [-0.2, -0.15) is 5.26 Å². The van der Waals surface area contributed by atoms with E-state index in [2.05, 4.69) is 22.0 Å². The molecule has 0 bridgehead atoms. The number of allylic oxidation sites excluding steroid dienone is 1. The first kappa shape index (κ1) is 16.3. The molecule has 6 heteroatoms. The molecular formula is C18H16BrN3O2. The number of aromatic nitrogens is 1. The fourth-order valence-electron chi connectivity index (χ4n) is 3.07. The standard InChI is InChI=1S/C18H16BrN3O2/c1-3-22-10(2)8-14-16(18(22)23)15(13(9-20)17(21)24-14)11-4-6-12(19)7-5-11/h4-8,15H,3,21H2,1-2H3/t15-/m1/s1. The van der Waals surface area contributed by atoms with Gasteiger partial charge in [0.05, 0.1) is 11.5 Å². The Morgan fingerprint density at radius 2 is 2.04 bits per heavy atom. The van der Waals surface area contributed by atoms with Crippen LogP contribution in [0, 0.1) is 18.3 Å². The molecule has 0 radical (unpaired) electrons. The highest BCUT2D eigenvalue weighted by molar-refractivity contribution is 9.10. The molecule has 2 heterocycles. The van der Waals surface area contributed by atoms with E-state index in [9.17, 15) is 10.1 Å². The summed E-state index contributed by atoms with van der Waals surface area (Å²) in [4.78, 5) is 13.0. The van der Waals surface area contributed by atoms with Gasteiger partial charge in [-0.3, -0.25) is 4.79 Å². The van der Waals surface area contributed by atoms with E-state index in [0.717, 1.165) is 15.7 Å². The second-order valence-electron chi connectivity index (χ2n) is 5.59. The average molecular weight is 386 g/mol. The molecule has 1 aliphatic rings. The number of aryl methyl sites for hydroxylation is 1. The van der Waals surface area contributed by atoms with Gasteiger partial charge in [-0.05, 0) is 31.5 Å². The molecule has 3 rings (SSSR count). The Morgan fingerprint density at radius 3 is 2.62 bits per heavy atom. The number of hydrogen-bond donors (Lipinski definition) is 1. The number of pyridine rings is 1. The van der Waals surface area contributed by atoms with Crippen molar-refractivity contribution < 1.29 is 4.74 Å². The minimum absolute atomic E-state index is 0.0472. The molecule has 0 fully saturated rings. The highest BCUT2D eigenvalue weighted by Crippen LogP contribution is 2.40. The van der Waals surface area contributed by atoms with Gasteiger partial charge in [0.1, 0.15) is 17.4 Å². The molecule has 0 aliphatic carbocycles. The summed E-state index contributed by atoms with van der Waals surface area (Å²) in [6.07, 6.45) is 0. The molecule has 0 amide bonds. The van der Waals surface area contributed by atoms with Crippen LogP contribution < -0.4 is 16.0 Å². The third-order valence-electron chi connectivity index (χ3n) is 4.21. The molecule has 2 aromatic rings. The lowest BCUT2D eigenvalue weighted by molar-refractivity contribution is 0.388. The molecular weight excluding hydrogens is 370 g/mol. The van der Waals surface area contributed by atoms with Crippen molar-refractivity contribution in [1.82, 2.24) is 4.57 Å². The van der Waals surface area contributed by atoms with Crippen LogP contribution in [0.3, 0.4) is 0 Å². The monoisotopic (exact) mass is 385 g/mol. The molecule has 0 unspecified atom stereocenters. The molecule has 0 saturated carbocycles. The van der Waals surface area contributed by atoms with Gasteiger partial charge in [0.15, 0.2) is 0 Å². The number of ether oxygens (including phenoxy) is 1. The van der Waals surface area contributed by atoms with Gasteiger partial charge in [-0.1, -0.05) is 28.1 Å². The van der Waals surface area contributed by atoms with Crippen molar-refractivity contribution in [3.8, 4) is 11.8 Å². The zero-order valence-corrected chi connectivity index (χ0v) is 14.9. The number of fused-ring (bicyclic) bond motifs is 1. The van der Waals surface area contributed by atoms with Crippen LogP contribution in [0.1, 0.15) is 29.7 Å². The molecule has 1 aromatic carbocycles. The SMILES string of the molecule is CCn1c(C)cc2c(c1=O)[C@H](c1ccc(Br)cc1)C(C#N)=C(N)O2. The predicted octanol–water partition coefficient (Wildman–Crippen LogP) is 3.16. The fourth-order valence-corrected chi connectivity index (χ4v) is 3.33. The van der Waals surface area contributed by atoms with E-state index in [-0.39, 0.29) is 17.0 Å². The Labute approximate surface area is 148 Å². The number of benzene rings is 1. The highest BCUT2D eigenvalue weighted by Gasteiger charge is 2.34. The lowest BCUT2D eigenvalue weighted by Crippen LogP contribution is -2.32. The third kappa shape index (κ3) is 2.51. The molecule has 0 saturated heterocycles. The largest absolute Gasteiger partial charge is 0.440 e. The van der Waals surface area contributed by atoms with E-state index in [1.165, 1.54) is 0 Å². The molecule has 5 nitrogen and oxygen atoms in total. The third-order valence-corrected chi connectivity index (χ3v) is 4.74. The van der Waals surface area contributed by atoms with Crippen molar-refractivity contribution in [2.45, 2.75) is 26.3 Å². The summed E-state index contributed by atoms with van der Waals surface area (Å²) in [6, 6.07) is 11.4. The minimum Gasteiger partial charge on any atom is -0.440 e. The first-order valence-electron chi connectivity index (χ1n) is 7.55. The van der Waals surface area contributed by atoms with Gasteiger partial charge < -0.3 is 15.0 Å². The van der Waals surface area contributed by atoms with Gasteiger partial charge in [-0.25, -0.2) is 0 Å². The van der Waals surface area contributed by atoms with Crippen molar-refractivity contribution >= 4 is 15.9 Å². The van der Waals surface area contributed by atoms with Crippen LogP contribution in [-0.2, 0) is 6.54 Å². The van der Waals surface area contributed by atoms with Gasteiger partial charge >= 0.3 is 0 Å². The normalized spacial score (nSPS) is 16.3. The molecule has 2 N–H and O–H groups in total. The van der Waals surface area contributed by atoms with Crippen LogP contribution in [0.2, 0.25) is 0 Å². The topological polar surface area (TPSA) is 81.0 Å². The maximum Gasteiger partial charge on any atom is 0.258 e. The van der Waals surface area contributed by atoms with Crippen molar-refractivity contribution in [2.75, 3.05) is 0 Å². The van der Waals surface area contributed by atoms with Crippen LogP contribution in [0.4, 0.5) is 0 Å². The molecule has 122 valence electrons. The van der Waals surface area contributed by atoms with Gasteiger partial charge in [0, 0.05) is 22.8 Å². The van der Waals surface area contributed by atoms with Crippen molar-refractivity contribution in [2.24, 2.45) is 5.73 Å². The van der Waals surface area contributed by atoms with E-state index in [1.807, 2.05) is 38.1 Å². The summed E-state index contributed by atoms with van der Waals surface area (Å²) < 4.78 is 8.18. The Balaban J connectivity index is 2.33. The maximum atomic E-state index is 13.0. The van der Waals surface area contributed by atoms with Crippen LogP contribution >= 0.6 is 15.9 Å². The summed E-state index contributed by atoms with van der Waals surface area (Å²) in [5.74, 6) is -0.0599. The molecule has 0 spiro atoms. The summed E-state index contributed by atoms with van der Waals surface area (Å²) in [5.41, 5.74) is 8.13. The maximum absolute atomic E-state index is 13.0. The van der Waals surface area contributed by atoms with E-state index in [4.69, 9.17) is 10.5 Å². The Bertz CT molecular complexity index is 936. The number of hydrogen-bond acceptors (Lipinski definition) is 4. The first-order chi connectivity index (χ1) is 11.5. The quantitative estimate of drug-likeness (QED) is 0.860. The number of nitrogens with two attached hydrogens (primary N) is 1. The second-order valence-corrected chi connectivity index (χ2v) is 6.51. The summed E-state index contributed by atoms with van der Waals surface area (Å²) in [5, 5.41) is 9.56. The minimum atomic E-state index is -0.530. The summed E-state index contributed by atoms with van der Waals surface area (Å²) >= 11 is 3.40. The number of rotatable bonds is 2. The predicted molar refractivity (Wildman–Crippen MR) is 94.6 cm³/mol. The van der Waals surface area contributed by atoms with E-state index < -0.39 is 5.92 Å². The van der Waals surface area contributed by atoms with Crippen LogP contribution in [0.15, 0.2) is 51.1 Å². The molecule has 1 aliphatic heterocycles. The van der Waals surface area contributed by atoms with Gasteiger partial charge in [0.2, 0.25) is 5.88 Å². The van der Waals surface area contributed by atoms with Crippen LogP contribution in [-0.4, -0.2) is 4.57 Å². The zero-order chi connectivity index (χ0) is 17.4. The second kappa shape index (κ2) is 6.17. The Morgan fingerprint density at radius 1 is 1.38 bits per heavy atom. The van der Waals surface area contributed by atoms with Gasteiger partial charge in [0.25, 0.3) is 5.56 Å². The number of halogens is 1. The van der Waals surface area contributed by atoms with Crippen LogP contribution in [0.5, 0.6) is 5.75 Å². The average Bonchev–Trinajstić information content (AvgIpc) is 2.54. The summed E-state index contributed by atoms with van der Waals surface area (Å²) in [6.45, 7) is 4.31. The first-order valence-corrected chi connectivity index (χ1v) is 8.34. The van der Waals surface area contributed by atoms with Crippen molar-refractivity contribution in [3.63, 3.8) is 0 Å². The summed E-state index contributed by atoms with van der Waals surface area (Å²) in [7, 11) is 0. The van der Waals surface area contributed by atoms with E-state index >= 15 is 0 Å². The Hall–Kier alpha value is -2.52. The van der Waals surface area contributed by atoms with Crippen LogP contribution in [0.25, 0.3) is 0 Å². The smallest absolute Gasteiger partial charge is 0.258 e. The molecule has 1 atom stereocenters. The van der Waals surface area contributed by atoms with Crippen molar-refractivity contribution in [1.29, 1.82) is 5.26 Å². The van der Waals surface area contributed by atoms with Gasteiger partial charge in [-0.15, -0.1) is 0 Å². The van der Waals surface area contributed by atoms with E-state index in [0.29, 0.717) is 17.9 Å². The van der Waals surface area contributed by atoms with Crippen molar-refractivity contribution in [3.05, 3.63) is 73.4 Å².